The lowest BCUT2D eigenvalue weighted by Crippen LogP contribution is -2.59. The molecule has 0 spiro atoms. The van der Waals surface area contributed by atoms with Gasteiger partial charge in [-0.1, -0.05) is 37.8 Å². The van der Waals surface area contributed by atoms with Crippen LogP contribution in [0.25, 0.3) is 0 Å². The Morgan fingerprint density at radius 2 is 1.96 bits per heavy atom. The highest BCUT2D eigenvalue weighted by Gasteiger charge is 2.46. The number of rotatable bonds is 8. The molecule has 1 aliphatic rings. The van der Waals surface area contributed by atoms with Gasteiger partial charge in [-0.25, -0.2) is 0 Å². The fourth-order valence-corrected chi connectivity index (χ4v) is 3.13. The number of aromatic amines is 1. The molecule has 5 N–H and O–H groups in total. The first-order chi connectivity index (χ1) is 11.1. The Bertz CT molecular complexity index is 442. The van der Waals surface area contributed by atoms with Gasteiger partial charge in [0.1, 0.15) is 24.4 Å². The summed E-state index contributed by atoms with van der Waals surface area (Å²) >= 11 is 0. The first kappa shape index (κ1) is 18.3. The average Bonchev–Trinajstić information content (AvgIpc) is 3.08. The second kappa shape index (κ2) is 8.70. The Morgan fingerprint density at radius 3 is 2.57 bits per heavy atom. The van der Waals surface area contributed by atoms with E-state index in [-0.39, 0.29) is 5.92 Å². The lowest BCUT2D eigenvalue weighted by atomic mass is 9.83. The number of hydrogen-bond donors (Lipinski definition) is 5. The van der Waals surface area contributed by atoms with Gasteiger partial charge in [-0.2, -0.15) is 0 Å². The lowest BCUT2D eigenvalue weighted by Gasteiger charge is -2.42. The zero-order valence-corrected chi connectivity index (χ0v) is 13.4. The minimum absolute atomic E-state index is 0.267. The van der Waals surface area contributed by atoms with Gasteiger partial charge in [-0.15, -0.1) is 5.10 Å². The Hall–Kier alpha value is -1.06. The molecular formula is C15H27N3O5. The number of nitrogens with one attached hydrogen (secondary N) is 1. The van der Waals surface area contributed by atoms with E-state index in [2.05, 4.69) is 22.3 Å². The molecule has 8 nitrogen and oxygen atoms in total. The van der Waals surface area contributed by atoms with Gasteiger partial charge in [-0.3, -0.25) is 5.10 Å². The number of nitrogens with zero attached hydrogens (tertiary/aromatic N) is 2. The summed E-state index contributed by atoms with van der Waals surface area (Å²) in [5.74, 6) is -0.267. The number of ether oxygens (including phenoxy) is 1. The molecule has 1 aromatic rings. The van der Waals surface area contributed by atoms with Crippen molar-refractivity contribution in [2.75, 3.05) is 6.61 Å². The standard InChI is InChI=1S/C15H27N3O5/c1-2-3-4-5-6-9(10-7-16-18-17-10)15-14(22)13(21)12(20)11(8-19)23-15/h7,9,11-15,19-22H,2-6,8H2,1H3,(H,16,17,18)/t9?,11-,12-,13+,14-,15?/m1/s1. The molecule has 2 rings (SSSR count). The van der Waals surface area contributed by atoms with Crippen molar-refractivity contribution in [1.82, 2.24) is 15.4 Å². The second-order valence-corrected chi connectivity index (χ2v) is 6.15. The van der Waals surface area contributed by atoms with E-state index in [0.29, 0.717) is 5.69 Å². The van der Waals surface area contributed by atoms with Crippen molar-refractivity contribution in [3.8, 4) is 0 Å². The Kier molecular flexibility index (Phi) is 6.91. The topological polar surface area (TPSA) is 132 Å². The predicted octanol–water partition coefficient (Wildman–Crippen LogP) is -0.299. The molecule has 0 saturated carbocycles. The third kappa shape index (κ3) is 4.27. The van der Waals surface area contributed by atoms with Gasteiger partial charge < -0.3 is 25.2 Å². The summed E-state index contributed by atoms with van der Waals surface area (Å²) < 4.78 is 5.68. The van der Waals surface area contributed by atoms with Gasteiger partial charge in [0.05, 0.1) is 18.4 Å². The molecule has 8 heteroatoms. The molecule has 0 aliphatic carbocycles. The largest absolute Gasteiger partial charge is 0.394 e. The number of unbranched alkanes of at least 4 members (excludes halogenated alkanes) is 3. The van der Waals surface area contributed by atoms with Crippen molar-refractivity contribution in [2.24, 2.45) is 0 Å². The molecule has 23 heavy (non-hydrogen) atoms. The monoisotopic (exact) mass is 329 g/mol. The highest BCUT2D eigenvalue weighted by Crippen LogP contribution is 2.34. The maximum atomic E-state index is 10.3. The molecule has 0 bridgehead atoms. The van der Waals surface area contributed by atoms with Crippen LogP contribution in [-0.4, -0.2) is 73.0 Å². The highest BCUT2D eigenvalue weighted by atomic mass is 16.5. The van der Waals surface area contributed by atoms with Gasteiger partial charge in [-0.05, 0) is 6.42 Å². The summed E-state index contributed by atoms with van der Waals surface area (Å²) in [6, 6.07) is 0. The molecule has 0 radical (unpaired) electrons. The van der Waals surface area contributed by atoms with Crippen LogP contribution in [0.5, 0.6) is 0 Å². The SMILES string of the molecule is CCCCCCC(c1c[nH]nn1)C1O[C@H](CO)[C@@H](O)[C@H](O)[C@H]1O. The number of aromatic nitrogens is 3. The number of hydrogen-bond acceptors (Lipinski definition) is 7. The van der Waals surface area contributed by atoms with Gasteiger partial charge in [0.2, 0.25) is 0 Å². The maximum Gasteiger partial charge on any atom is 0.111 e. The van der Waals surface area contributed by atoms with Crippen LogP contribution in [0.1, 0.15) is 50.6 Å². The number of aliphatic hydroxyl groups is 4. The average molecular weight is 329 g/mol. The summed E-state index contributed by atoms with van der Waals surface area (Å²) in [6.45, 7) is 1.70. The van der Waals surface area contributed by atoms with Crippen LogP contribution in [0.4, 0.5) is 0 Å². The van der Waals surface area contributed by atoms with E-state index in [0.717, 1.165) is 32.1 Å². The Labute approximate surface area is 135 Å². The fraction of sp³-hybridized carbons (Fsp3) is 0.867. The molecule has 0 amide bonds. The summed E-state index contributed by atoms with van der Waals surface area (Å²) in [6.07, 6.45) is 0.986. The minimum Gasteiger partial charge on any atom is -0.394 e. The van der Waals surface area contributed by atoms with Crippen molar-refractivity contribution in [1.29, 1.82) is 0 Å². The summed E-state index contributed by atoms with van der Waals surface area (Å²) in [5, 5.41) is 49.9. The van der Waals surface area contributed by atoms with Crippen molar-refractivity contribution < 1.29 is 25.2 Å². The van der Waals surface area contributed by atoms with E-state index in [1.54, 1.807) is 6.20 Å². The van der Waals surface area contributed by atoms with Crippen LogP contribution in [0, 0.1) is 0 Å². The highest BCUT2D eigenvalue weighted by molar-refractivity contribution is 5.09. The van der Waals surface area contributed by atoms with Crippen molar-refractivity contribution in [2.45, 2.75) is 75.5 Å². The third-order valence-corrected chi connectivity index (χ3v) is 4.51. The Balaban J connectivity index is 2.13. The predicted molar refractivity (Wildman–Crippen MR) is 81.6 cm³/mol. The molecule has 1 aliphatic heterocycles. The molecule has 0 aromatic carbocycles. The van der Waals surface area contributed by atoms with Gasteiger partial charge in [0.15, 0.2) is 0 Å². The Morgan fingerprint density at radius 1 is 1.17 bits per heavy atom. The molecule has 1 aromatic heterocycles. The van der Waals surface area contributed by atoms with Gasteiger partial charge in [0.25, 0.3) is 0 Å². The van der Waals surface area contributed by atoms with E-state index < -0.39 is 37.1 Å². The van der Waals surface area contributed by atoms with E-state index >= 15 is 0 Å². The van der Waals surface area contributed by atoms with Crippen LogP contribution in [0.2, 0.25) is 0 Å². The third-order valence-electron chi connectivity index (χ3n) is 4.51. The van der Waals surface area contributed by atoms with Crippen LogP contribution in [0.3, 0.4) is 0 Å². The molecular weight excluding hydrogens is 302 g/mol. The quantitative estimate of drug-likeness (QED) is 0.414. The smallest absolute Gasteiger partial charge is 0.111 e. The molecule has 1 fully saturated rings. The second-order valence-electron chi connectivity index (χ2n) is 6.15. The van der Waals surface area contributed by atoms with E-state index in [4.69, 9.17) is 4.74 Å². The zero-order chi connectivity index (χ0) is 16.8. The first-order valence-corrected chi connectivity index (χ1v) is 8.27. The molecule has 6 atom stereocenters. The van der Waals surface area contributed by atoms with Crippen LogP contribution in [0.15, 0.2) is 6.20 Å². The number of aliphatic hydroxyl groups excluding tert-OH is 4. The molecule has 2 unspecified atom stereocenters. The van der Waals surface area contributed by atoms with Crippen LogP contribution < -0.4 is 0 Å². The van der Waals surface area contributed by atoms with Gasteiger partial charge >= 0.3 is 0 Å². The van der Waals surface area contributed by atoms with Crippen molar-refractivity contribution >= 4 is 0 Å². The van der Waals surface area contributed by atoms with Crippen molar-refractivity contribution in [3.63, 3.8) is 0 Å². The normalized spacial score (nSPS) is 32.8. The zero-order valence-electron chi connectivity index (χ0n) is 13.4. The summed E-state index contributed by atoms with van der Waals surface area (Å²) in [5.41, 5.74) is 0.644. The molecule has 132 valence electrons. The lowest BCUT2D eigenvalue weighted by molar-refractivity contribution is -0.235. The summed E-state index contributed by atoms with van der Waals surface area (Å²) in [7, 11) is 0. The maximum absolute atomic E-state index is 10.3. The van der Waals surface area contributed by atoms with E-state index in [9.17, 15) is 20.4 Å². The first-order valence-electron chi connectivity index (χ1n) is 8.27. The molecule has 1 saturated heterocycles. The number of H-pyrrole nitrogens is 1. The van der Waals surface area contributed by atoms with E-state index in [1.165, 1.54) is 0 Å². The van der Waals surface area contributed by atoms with Crippen molar-refractivity contribution in [3.05, 3.63) is 11.9 Å². The fourth-order valence-electron chi connectivity index (χ4n) is 3.13. The molecule has 2 heterocycles. The van der Waals surface area contributed by atoms with Crippen LogP contribution in [-0.2, 0) is 4.74 Å². The van der Waals surface area contributed by atoms with E-state index in [1.807, 2.05) is 0 Å². The van der Waals surface area contributed by atoms with Gasteiger partial charge in [0, 0.05) is 12.1 Å². The summed E-state index contributed by atoms with van der Waals surface area (Å²) in [4.78, 5) is 0. The minimum atomic E-state index is -1.36. The van der Waals surface area contributed by atoms with Crippen LogP contribution >= 0.6 is 0 Å².